The molecule has 1 aliphatic heterocycles. The quantitative estimate of drug-likeness (QED) is 0.864. The van der Waals surface area contributed by atoms with Crippen molar-refractivity contribution in [1.82, 2.24) is 10.2 Å². The number of anilines is 1. The predicted octanol–water partition coefficient (Wildman–Crippen LogP) is 2.68. The highest BCUT2D eigenvalue weighted by Crippen LogP contribution is 2.25. The van der Waals surface area contributed by atoms with Crippen LogP contribution in [0.25, 0.3) is 0 Å². The van der Waals surface area contributed by atoms with Gasteiger partial charge in [0.2, 0.25) is 5.91 Å². The molecule has 23 heavy (non-hydrogen) atoms. The third-order valence-corrected chi connectivity index (χ3v) is 3.79. The van der Waals surface area contributed by atoms with Crippen LogP contribution >= 0.6 is 0 Å². The van der Waals surface area contributed by atoms with Gasteiger partial charge in [0, 0.05) is 18.6 Å². The predicted molar refractivity (Wildman–Crippen MR) is 87.9 cm³/mol. The minimum Gasteiger partial charge on any atom is -0.333 e. The van der Waals surface area contributed by atoms with Gasteiger partial charge in [-0.2, -0.15) is 0 Å². The van der Waals surface area contributed by atoms with E-state index in [0.717, 1.165) is 5.56 Å². The van der Waals surface area contributed by atoms with Crippen LogP contribution in [0, 0.1) is 12.7 Å². The van der Waals surface area contributed by atoms with Crippen molar-refractivity contribution in [1.29, 1.82) is 0 Å². The third kappa shape index (κ3) is 3.81. The Morgan fingerprint density at radius 3 is 2.57 bits per heavy atom. The lowest BCUT2D eigenvalue weighted by Crippen LogP contribution is -2.61. The Labute approximate surface area is 136 Å². The number of hydrogen-bond acceptors (Lipinski definition) is 2. The van der Waals surface area contributed by atoms with Crippen LogP contribution in [0.15, 0.2) is 18.2 Å². The Bertz CT molecular complexity index is 625. The standard InChI is InChI=1S/C17H24FN3O2/c1-11-6-7-13(18)14(10-11)21-9-8-20(12(2)15(21)22)16(23)19-17(3,4)5/h6-7,10,12H,8-9H2,1-5H3,(H,19,23). The number of amides is 3. The molecule has 1 saturated heterocycles. The van der Waals surface area contributed by atoms with Gasteiger partial charge in [-0.1, -0.05) is 6.07 Å². The highest BCUT2D eigenvalue weighted by atomic mass is 19.1. The normalized spacial score (nSPS) is 19.0. The number of urea groups is 1. The number of nitrogens with one attached hydrogen (secondary N) is 1. The molecule has 6 heteroatoms. The molecule has 1 aromatic carbocycles. The highest BCUT2D eigenvalue weighted by molar-refractivity contribution is 6.00. The SMILES string of the molecule is Cc1ccc(F)c(N2CCN(C(=O)NC(C)(C)C)C(C)C2=O)c1. The number of rotatable bonds is 1. The van der Waals surface area contributed by atoms with E-state index in [2.05, 4.69) is 5.32 Å². The second-order valence-electron chi connectivity index (χ2n) is 6.99. The van der Waals surface area contributed by atoms with Crippen molar-refractivity contribution in [2.24, 2.45) is 0 Å². The summed E-state index contributed by atoms with van der Waals surface area (Å²) in [5.74, 6) is -0.700. The zero-order valence-corrected chi connectivity index (χ0v) is 14.3. The third-order valence-electron chi connectivity index (χ3n) is 3.79. The van der Waals surface area contributed by atoms with Crippen LogP contribution < -0.4 is 10.2 Å². The molecule has 1 N–H and O–H groups in total. The Morgan fingerprint density at radius 2 is 1.96 bits per heavy atom. The Kier molecular flexibility index (Phi) is 4.63. The van der Waals surface area contributed by atoms with Crippen molar-refractivity contribution in [3.05, 3.63) is 29.6 Å². The Balaban J connectivity index is 2.18. The zero-order valence-electron chi connectivity index (χ0n) is 14.3. The fourth-order valence-electron chi connectivity index (χ4n) is 2.61. The van der Waals surface area contributed by atoms with Crippen LogP contribution in [0.2, 0.25) is 0 Å². The average Bonchev–Trinajstić information content (AvgIpc) is 2.42. The molecule has 2 rings (SSSR count). The van der Waals surface area contributed by atoms with E-state index in [1.54, 1.807) is 19.1 Å². The zero-order chi connectivity index (χ0) is 17.4. The van der Waals surface area contributed by atoms with E-state index in [1.165, 1.54) is 15.9 Å². The molecule has 0 spiro atoms. The fourth-order valence-corrected chi connectivity index (χ4v) is 2.61. The van der Waals surface area contributed by atoms with Gasteiger partial charge in [-0.25, -0.2) is 9.18 Å². The van der Waals surface area contributed by atoms with Crippen LogP contribution in [-0.4, -0.2) is 41.5 Å². The van der Waals surface area contributed by atoms with Gasteiger partial charge in [0.05, 0.1) is 5.69 Å². The van der Waals surface area contributed by atoms with Crippen molar-refractivity contribution in [3.8, 4) is 0 Å². The van der Waals surface area contributed by atoms with Gasteiger partial charge in [-0.05, 0) is 52.3 Å². The van der Waals surface area contributed by atoms with Gasteiger partial charge in [-0.15, -0.1) is 0 Å². The van der Waals surface area contributed by atoms with E-state index in [9.17, 15) is 14.0 Å². The van der Waals surface area contributed by atoms with Crippen LogP contribution in [0.1, 0.15) is 33.3 Å². The van der Waals surface area contributed by atoms with Crippen LogP contribution in [0.4, 0.5) is 14.9 Å². The van der Waals surface area contributed by atoms with Crippen molar-refractivity contribution < 1.29 is 14.0 Å². The van der Waals surface area contributed by atoms with E-state index in [4.69, 9.17) is 0 Å². The van der Waals surface area contributed by atoms with Gasteiger partial charge in [0.1, 0.15) is 11.9 Å². The summed E-state index contributed by atoms with van der Waals surface area (Å²) in [4.78, 5) is 27.8. The van der Waals surface area contributed by atoms with E-state index < -0.39 is 11.9 Å². The minimum absolute atomic E-state index is 0.273. The van der Waals surface area contributed by atoms with Gasteiger partial charge in [-0.3, -0.25) is 4.79 Å². The maximum atomic E-state index is 14.0. The second kappa shape index (κ2) is 6.18. The van der Waals surface area contributed by atoms with Crippen LogP contribution in [0.3, 0.4) is 0 Å². The molecule has 0 aliphatic carbocycles. The number of aryl methyl sites for hydroxylation is 1. The number of carbonyl (C=O) groups excluding carboxylic acids is 2. The summed E-state index contributed by atoms with van der Waals surface area (Å²) in [5.41, 5.74) is 0.784. The number of hydrogen-bond donors (Lipinski definition) is 1. The van der Waals surface area contributed by atoms with E-state index in [-0.39, 0.29) is 29.7 Å². The highest BCUT2D eigenvalue weighted by Gasteiger charge is 2.36. The molecule has 1 heterocycles. The van der Waals surface area contributed by atoms with E-state index >= 15 is 0 Å². The summed E-state index contributed by atoms with van der Waals surface area (Å²) >= 11 is 0. The molecular weight excluding hydrogens is 297 g/mol. The molecule has 1 aliphatic rings. The molecule has 126 valence electrons. The van der Waals surface area contributed by atoms with Crippen LogP contribution in [-0.2, 0) is 4.79 Å². The molecule has 0 saturated carbocycles. The molecule has 0 aromatic heterocycles. The van der Waals surface area contributed by atoms with Crippen molar-refractivity contribution in [2.75, 3.05) is 18.0 Å². The minimum atomic E-state index is -0.633. The van der Waals surface area contributed by atoms with Gasteiger partial charge in [0.15, 0.2) is 0 Å². The smallest absolute Gasteiger partial charge is 0.318 e. The molecule has 0 radical (unpaired) electrons. The first-order chi connectivity index (χ1) is 10.6. The Hall–Kier alpha value is -2.11. The summed E-state index contributed by atoms with van der Waals surface area (Å²) in [6, 6.07) is 3.78. The first-order valence-corrected chi connectivity index (χ1v) is 7.76. The van der Waals surface area contributed by atoms with Gasteiger partial charge in [0.25, 0.3) is 0 Å². The maximum Gasteiger partial charge on any atom is 0.318 e. The number of piperazine rings is 1. The maximum absolute atomic E-state index is 14.0. The monoisotopic (exact) mass is 321 g/mol. The molecule has 3 amide bonds. The lowest BCUT2D eigenvalue weighted by Gasteiger charge is -2.40. The fraction of sp³-hybridized carbons (Fsp3) is 0.529. The van der Waals surface area contributed by atoms with Gasteiger partial charge < -0.3 is 15.1 Å². The molecule has 5 nitrogen and oxygen atoms in total. The first-order valence-electron chi connectivity index (χ1n) is 7.76. The molecule has 1 atom stereocenters. The molecule has 1 fully saturated rings. The number of halogens is 1. The Morgan fingerprint density at radius 1 is 1.30 bits per heavy atom. The number of nitrogens with zero attached hydrogens (tertiary/aromatic N) is 2. The molecule has 1 aromatic rings. The van der Waals surface area contributed by atoms with E-state index in [0.29, 0.717) is 6.54 Å². The lowest BCUT2D eigenvalue weighted by atomic mass is 10.1. The van der Waals surface area contributed by atoms with E-state index in [1.807, 2.05) is 27.7 Å². The lowest BCUT2D eigenvalue weighted by molar-refractivity contribution is -0.124. The largest absolute Gasteiger partial charge is 0.333 e. The average molecular weight is 321 g/mol. The molecular formula is C17H24FN3O2. The first kappa shape index (κ1) is 17.2. The summed E-state index contributed by atoms with van der Waals surface area (Å²) in [6.07, 6.45) is 0. The summed E-state index contributed by atoms with van der Waals surface area (Å²) < 4.78 is 14.0. The van der Waals surface area contributed by atoms with Crippen molar-refractivity contribution in [2.45, 2.75) is 46.2 Å². The number of carbonyl (C=O) groups is 2. The summed E-state index contributed by atoms with van der Waals surface area (Å²) in [5, 5.41) is 2.86. The topological polar surface area (TPSA) is 52.6 Å². The van der Waals surface area contributed by atoms with Crippen molar-refractivity contribution in [3.63, 3.8) is 0 Å². The molecule has 1 unspecified atom stereocenters. The molecule has 0 bridgehead atoms. The summed E-state index contributed by atoms with van der Waals surface area (Å²) in [7, 11) is 0. The van der Waals surface area contributed by atoms with Gasteiger partial charge >= 0.3 is 6.03 Å². The second-order valence-corrected chi connectivity index (χ2v) is 6.99. The van der Waals surface area contributed by atoms with Crippen molar-refractivity contribution >= 4 is 17.6 Å². The van der Waals surface area contributed by atoms with Crippen LogP contribution in [0.5, 0.6) is 0 Å². The number of benzene rings is 1. The summed E-state index contributed by atoms with van der Waals surface area (Å²) in [6.45, 7) is 9.82.